The smallest absolute Gasteiger partial charge is 0.305 e. The van der Waals surface area contributed by atoms with E-state index in [-0.39, 0.29) is 18.5 Å². The zero-order valence-corrected chi connectivity index (χ0v) is 42.1. The number of hydrogen-bond donors (Lipinski definition) is 3. The molecule has 0 bridgehead atoms. The third kappa shape index (κ3) is 49.4. The van der Waals surface area contributed by atoms with E-state index in [2.05, 4.69) is 43.5 Å². The summed E-state index contributed by atoms with van der Waals surface area (Å²) in [6, 6.07) is -0.639. The first-order chi connectivity index (χ1) is 31.0. The average Bonchev–Trinajstić information content (AvgIpc) is 3.28. The fourth-order valence-corrected chi connectivity index (χ4v) is 8.33. The number of unbranched alkanes of at least 4 members (excludes halogenated alkanes) is 36. The Morgan fingerprint density at radius 3 is 1.13 bits per heavy atom. The summed E-state index contributed by atoms with van der Waals surface area (Å²) >= 11 is 0. The van der Waals surface area contributed by atoms with Crippen LogP contribution in [-0.2, 0) is 14.3 Å². The van der Waals surface area contributed by atoms with Gasteiger partial charge in [0, 0.05) is 12.8 Å². The van der Waals surface area contributed by atoms with E-state index >= 15 is 0 Å². The molecule has 0 saturated carbocycles. The maximum atomic E-state index is 12.4. The lowest BCUT2D eigenvalue weighted by molar-refractivity contribution is -0.143. The summed E-state index contributed by atoms with van der Waals surface area (Å²) in [6.45, 7) is 4.86. The maximum absolute atomic E-state index is 12.4. The highest BCUT2D eigenvalue weighted by Gasteiger charge is 2.18. The highest BCUT2D eigenvalue weighted by atomic mass is 16.5. The van der Waals surface area contributed by atoms with Gasteiger partial charge in [-0.3, -0.25) is 9.59 Å². The van der Waals surface area contributed by atoms with Crippen LogP contribution in [0, 0.1) is 0 Å². The number of carbonyl (C=O) groups excluding carboxylic acids is 2. The molecular formula is C57H107NO5. The summed E-state index contributed by atoms with van der Waals surface area (Å²) in [5.74, 6) is -0.0985. The SMILES string of the molecule is CCCCCCCCC/C=C\CCCCCCCCCC(=O)OCCCCCC/C=C\CCCCCCCCCC(=O)NC(CO)C(O)/C=C/CCCCCCCCCCCCC. The summed E-state index contributed by atoms with van der Waals surface area (Å²) in [5.41, 5.74) is 0. The van der Waals surface area contributed by atoms with Crippen LogP contribution in [0.25, 0.3) is 0 Å². The standard InChI is InChI=1S/C57H107NO5/c1-3-5-7-9-11-13-15-17-18-19-20-23-27-31-35-39-43-47-51-57(62)63-52-48-44-40-36-32-28-24-21-22-26-30-34-38-42-46-50-56(61)58-54(53-59)55(60)49-45-41-37-33-29-25-16-14-12-10-8-6-4-2/h18-19,24,28,45,49,54-55,59-60H,3-17,20-23,25-27,29-44,46-48,50-53H2,1-2H3,(H,58,61)/b19-18-,28-24-,49-45+. The van der Waals surface area contributed by atoms with Crippen LogP contribution in [0.1, 0.15) is 290 Å². The van der Waals surface area contributed by atoms with E-state index in [1.165, 1.54) is 193 Å². The molecule has 0 aromatic carbocycles. The van der Waals surface area contributed by atoms with Gasteiger partial charge in [0.25, 0.3) is 0 Å². The molecule has 2 atom stereocenters. The first-order valence-electron chi connectivity index (χ1n) is 27.8. The summed E-state index contributed by atoms with van der Waals surface area (Å²) in [7, 11) is 0. The quantitative estimate of drug-likeness (QED) is 0.0321. The molecule has 1 amide bonds. The van der Waals surface area contributed by atoms with E-state index in [1.807, 2.05) is 6.08 Å². The number of ether oxygens (including phenoxy) is 1. The average molecular weight is 886 g/mol. The van der Waals surface area contributed by atoms with E-state index in [9.17, 15) is 19.8 Å². The van der Waals surface area contributed by atoms with E-state index < -0.39 is 12.1 Å². The predicted octanol–water partition coefficient (Wildman–Crippen LogP) is 16.9. The lowest BCUT2D eigenvalue weighted by atomic mass is 10.0. The minimum atomic E-state index is -0.854. The Hall–Kier alpha value is -1.92. The van der Waals surface area contributed by atoms with Crippen LogP contribution in [0.2, 0.25) is 0 Å². The fourth-order valence-electron chi connectivity index (χ4n) is 8.33. The maximum Gasteiger partial charge on any atom is 0.305 e. The van der Waals surface area contributed by atoms with E-state index in [0.717, 1.165) is 70.6 Å². The second-order valence-corrected chi connectivity index (χ2v) is 18.9. The summed E-state index contributed by atoms with van der Waals surface area (Å²) in [6.07, 6.45) is 64.4. The zero-order valence-electron chi connectivity index (χ0n) is 42.1. The summed E-state index contributed by atoms with van der Waals surface area (Å²) in [5, 5.41) is 23.0. The number of esters is 1. The molecule has 0 heterocycles. The van der Waals surface area contributed by atoms with Crippen molar-refractivity contribution >= 4 is 11.9 Å². The van der Waals surface area contributed by atoms with Crippen molar-refractivity contribution in [3.8, 4) is 0 Å². The highest BCUT2D eigenvalue weighted by molar-refractivity contribution is 5.76. The van der Waals surface area contributed by atoms with Gasteiger partial charge in [0.15, 0.2) is 0 Å². The first kappa shape index (κ1) is 61.1. The summed E-state index contributed by atoms with van der Waals surface area (Å²) in [4.78, 5) is 24.5. The molecule has 63 heavy (non-hydrogen) atoms. The molecule has 3 N–H and O–H groups in total. The Balaban J connectivity index is 3.48. The van der Waals surface area contributed by atoms with Crippen molar-refractivity contribution in [3.63, 3.8) is 0 Å². The number of rotatable bonds is 51. The highest BCUT2D eigenvalue weighted by Crippen LogP contribution is 2.15. The molecule has 0 rings (SSSR count). The van der Waals surface area contributed by atoms with Crippen LogP contribution in [0.4, 0.5) is 0 Å². The molecular weight excluding hydrogens is 779 g/mol. The van der Waals surface area contributed by atoms with Gasteiger partial charge in [-0.15, -0.1) is 0 Å². The van der Waals surface area contributed by atoms with Gasteiger partial charge in [0.2, 0.25) is 5.91 Å². The van der Waals surface area contributed by atoms with Crippen molar-refractivity contribution in [2.75, 3.05) is 13.2 Å². The van der Waals surface area contributed by atoms with E-state index in [1.54, 1.807) is 6.08 Å². The molecule has 0 aromatic heterocycles. The minimum absolute atomic E-state index is 0.0145. The molecule has 0 spiro atoms. The van der Waals surface area contributed by atoms with Gasteiger partial charge in [-0.25, -0.2) is 0 Å². The third-order valence-corrected chi connectivity index (χ3v) is 12.6. The van der Waals surface area contributed by atoms with Crippen molar-refractivity contribution in [3.05, 3.63) is 36.5 Å². The van der Waals surface area contributed by atoms with Crippen LogP contribution in [0.5, 0.6) is 0 Å². The second-order valence-electron chi connectivity index (χ2n) is 18.9. The van der Waals surface area contributed by atoms with Gasteiger partial charge in [-0.1, -0.05) is 230 Å². The van der Waals surface area contributed by atoms with Gasteiger partial charge in [-0.05, 0) is 83.5 Å². The normalized spacial score (nSPS) is 12.9. The molecule has 0 aromatic rings. The molecule has 370 valence electrons. The Morgan fingerprint density at radius 1 is 0.429 bits per heavy atom. The van der Waals surface area contributed by atoms with Gasteiger partial charge in [0.05, 0.1) is 25.4 Å². The van der Waals surface area contributed by atoms with Crippen molar-refractivity contribution in [1.82, 2.24) is 5.32 Å². The second kappa shape index (κ2) is 52.7. The lowest BCUT2D eigenvalue weighted by Crippen LogP contribution is -2.45. The number of nitrogens with one attached hydrogen (secondary N) is 1. The van der Waals surface area contributed by atoms with Gasteiger partial charge in [-0.2, -0.15) is 0 Å². The molecule has 0 fully saturated rings. The van der Waals surface area contributed by atoms with E-state index in [4.69, 9.17) is 4.74 Å². The lowest BCUT2D eigenvalue weighted by Gasteiger charge is -2.20. The van der Waals surface area contributed by atoms with Crippen LogP contribution in [0.15, 0.2) is 36.5 Å². The molecule has 0 aliphatic rings. The van der Waals surface area contributed by atoms with Crippen LogP contribution >= 0.6 is 0 Å². The number of carbonyl (C=O) groups is 2. The van der Waals surface area contributed by atoms with E-state index in [0.29, 0.717) is 19.4 Å². The zero-order chi connectivity index (χ0) is 45.8. The predicted molar refractivity (Wildman–Crippen MR) is 273 cm³/mol. The van der Waals surface area contributed by atoms with Gasteiger partial charge < -0.3 is 20.3 Å². The molecule has 0 aliphatic heterocycles. The number of allylic oxidation sites excluding steroid dienone is 5. The fraction of sp³-hybridized carbons (Fsp3) is 0.860. The molecule has 0 saturated heterocycles. The van der Waals surface area contributed by atoms with Crippen molar-refractivity contribution in [2.24, 2.45) is 0 Å². The Bertz CT molecular complexity index is 1020. The monoisotopic (exact) mass is 886 g/mol. The van der Waals surface area contributed by atoms with Gasteiger partial charge >= 0.3 is 5.97 Å². The molecule has 0 radical (unpaired) electrons. The number of aliphatic hydroxyl groups excluding tert-OH is 2. The number of aliphatic hydroxyl groups is 2. The Labute approximate surface area is 392 Å². The van der Waals surface area contributed by atoms with Crippen LogP contribution in [0.3, 0.4) is 0 Å². The molecule has 0 aliphatic carbocycles. The topological polar surface area (TPSA) is 95.9 Å². The molecule has 6 heteroatoms. The number of hydrogen-bond acceptors (Lipinski definition) is 5. The summed E-state index contributed by atoms with van der Waals surface area (Å²) < 4.78 is 5.47. The Kier molecular flexibility index (Phi) is 51.1. The minimum Gasteiger partial charge on any atom is -0.466 e. The van der Waals surface area contributed by atoms with Crippen LogP contribution < -0.4 is 5.32 Å². The van der Waals surface area contributed by atoms with Crippen molar-refractivity contribution in [1.29, 1.82) is 0 Å². The third-order valence-electron chi connectivity index (χ3n) is 12.6. The van der Waals surface area contributed by atoms with Gasteiger partial charge in [0.1, 0.15) is 0 Å². The Morgan fingerprint density at radius 2 is 0.746 bits per heavy atom. The molecule has 2 unspecified atom stereocenters. The largest absolute Gasteiger partial charge is 0.466 e. The van der Waals surface area contributed by atoms with Crippen molar-refractivity contribution < 1.29 is 24.5 Å². The van der Waals surface area contributed by atoms with Crippen molar-refractivity contribution in [2.45, 2.75) is 302 Å². The molecule has 6 nitrogen and oxygen atoms in total. The van der Waals surface area contributed by atoms with Crippen LogP contribution in [-0.4, -0.2) is 47.4 Å². The number of amides is 1. The first-order valence-corrected chi connectivity index (χ1v) is 27.8.